The van der Waals surface area contributed by atoms with E-state index in [2.05, 4.69) is 15.9 Å². The van der Waals surface area contributed by atoms with E-state index >= 15 is 0 Å². The van der Waals surface area contributed by atoms with E-state index in [1.54, 1.807) is 18.2 Å². The number of carbonyl (C=O) groups is 1. The van der Waals surface area contributed by atoms with Gasteiger partial charge in [-0.25, -0.2) is 0 Å². The summed E-state index contributed by atoms with van der Waals surface area (Å²) >= 11 is 0. The summed E-state index contributed by atoms with van der Waals surface area (Å²) in [6.45, 7) is 5.64. The molecule has 3 aromatic rings. The molecule has 156 valence electrons. The lowest BCUT2D eigenvalue weighted by molar-refractivity contribution is 0.100. The highest BCUT2D eigenvalue weighted by molar-refractivity contribution is 6.06. The van der Waals surface area contributed by atoms with E-state index in [0.29, 0.717) is 27.5 Å². The highest BCUT2D eigenvalue weighted by atomic mass is 16.3. The van der Waals surface area contributed by atoms with Crippen LogP contribution in [0.1, 0.15) is 41.6 Å². The van der Waals surface area contributed by atoms with Crippen molar-refractivity contribution in [2.24, 2.45) is 5.73 Å². The van der Waals surface area contributed by atoms with Crippen molar-refractivity contribution in [1.29, 1.82) is 5.41 Å². The molecule has 0 unspecified atom stereocenters. The van der Waals surface area contributed by atoms with Gasteiger partial charge in [-0.3, -0.25) is 15.1 Å². The molecular formula is C24H28N4O2. The molecule has 2 aliphatic rings. The van der Waals surface area contributed by atoms with Gasteiger partial charge in [-0.1, -0.05) is 12.1 Å². The van der Waals surface area contributed by atoms with Crippen LogP contribution < -0.4 is 11.1 Å². The first-order valence-corrected chi connectivity index (χ1v) is 10.9. The van der Waals surface area contributed by atoms with Gasteiger partial charge in [0.25, 0.3) is 0 Å². The summed E-state index contributed by atoms with van der Waals surface area (Å²) in [5, 5.41) is 10.2. The van der Waals surface area contributed by atoms with Gasteiger partial charge in [-0.2, -0.15) is 0 Å². The van der Waals surface area contributed by atoms with Crippen molar-refractivity contribution >= 4 is 27.8 Å². The number of fused-ring (bicyclic) bond motifs is 2. The van der Waals surface area contributed by atoms with Crippen LogP contribution in [0.25, 0.3) is 21.9 Å². The Bertz CT molecular complexity index is 1160. The fourth-order valence-corrected chi connectivity index (χ4v) is 5.10. The molecule has 2 aliphatic heterocycles. The number of nitrogens with one attached hydrogen (secondary N) is 1. The number of carbonyl (C=O) groups excluding carboxylic acids is 1. The van der Waals surface area contributed by atoms with Gasteiger partial charge >= 0.3 is 0 Å². The van der Waals surface area contributed by atoms with Crippen LogP contribution >= 0.6 is 0 Å². The van der Waals surface area contributed by atoms with Gasteiger partial charge in [0, 0.05) is 18.0 Å². The first-order valence-electron chi connectivity index (χ1n) is 10.9. The second kappa shape index (κ2) is 7.85. The largest absolute Gasteiger partial charge is 0.456 e. The average molecular weight is 405 g/mol. The Morgan fingerprint density at radius 3 is 2.57 bits per heavy atom. The topological polar surface area (TPSA) is 86.6 Å². The lowest BCUT2D eigenvalue weighted by Gasteiger charge is -2.36. The summed E-state index contributed by atoms with van der Waals surface area (Å²) in [6.07, 6.45) is 5.17. The summed E-state index contributed by atoms with van der Waals surface area (Å²) in [7, 11) is 0. The maximum absolute atomic E-state index is 11.8. The minimum absolute atomic E-state index is 0.301. The van der Waals surface area contributed by atoms with Crippen molar-refractivity contribution in [1.82, 2.24) is 9.80 Å². The number of primary amides is 1. The summed E-state index contributed by atoms with van der Waals surface area (Å²) in [5.41, 5.74) is 8.20. The van der Waals surface area contributed by atoms with Crippen LogP contribution in [0, 0.1) is 5.41 Å². The minimum atomic E-state index is -0.541. The van der Waals surface area contributed by atoms with Gasteiger partial charge in [-0.15, -0.1) is 0 Å². The fraction of sp³-hybridized carbons (Fsp3) is 0.417. The van der Waals surface area contributed by atoms with E-state index in [9.17, 15) is 4.79 Å². The van der Waals surface area contributed by atoms with Crippen LogP contribution in [0.15, 0.2) is 40.8 Å². The molecule has 6 nitrogen and oxygen atoms in total. The number of rotatable bonds is 4. The van der Waals surface area contributed by atoms with Crippen molar-refractivity contribution in [2.45, 2.75) is 38.3 Å². The number of likely N-dealkylation sites (tertiary alicyclic amines) is 2. The van der Waals surface area contributed by atoms with Crippen molar-refractivity contribution in [3.05, 3.63) is 52.9 Å². The van der Waals surface area contributed by atoms with Crippen LogP contribution in [0.3, 0.4) is 0 Å². The second-order valence-corrected chi connectivity index (χ2v) is 8.60. The SMILES string of the molecule is N=c1c2cc(CN3CCC(N4CCCC4)CC3)ccc2oc2cccc(C(N)=O)c12. The van der Waals surface area contributed by atoms with Gasteiger partial charge < -0.3 is 15.1 Å². The molecule has 3 N–H and O–H groups in total. The summed E-state index contributed by atoms with van der Waals surface area (Å²) in [4.78, 5) is 17.0. The first kappa shape index (κ1) is 19.3. The molecule has 6 heteroatoms. The summed E-state index contributed by atoms with van der Waals surface area (Å²) < 4.78 is 5.99. The highest BCUT2D eigenvalue weighted by Crippen LogP contribution is 2.25. The number of nitrogens with two attached hydrogens (primary N) is 1. The van der Waals surface area contributed by atoms with Crippen molar-refractivity contribution in [2.75, 3.05) is 26.2 Å². The highest BCUT2D eigenvalue weighted by Gasteiger charge is 2.26. The standard InChI is InChI=1S/C24H28N4O2/c25-23-19-14-16(15-27-12-8-17(9-13-27)28-10-1-2-11-28)6-7-20(19)30-21-5-3-4-18(22(21)23)24(26)29/h3-7,14,17,25H,1-2,8-13,15H2,(H2,26,29). The van der Waals surface area contributed by atoms with Gasteiger partial charge in [0.1, 0.15) is 11.2 Å². The van der Waals surface area contributed by atoms with Gasteiger partial charge in [0.15, 0.2) is 0 Å². The van der Waals surface area contributed by atoms with Gasteiger partial charge in [-0.05, 0) is 81.7 Å². The monoisotopic (exact) mass is 404 g/mol. The van der Waals surface area contributed by atoms with Crippen molar-refractivity contribution < 1.29 is 9.21 Å². The number of hydrogen-bond donors (Lipinski definition) is 2. The molecule has 1 amide bonds. The van der Waals surface area contributed by atoms with E-state index in [1.165, 1.54) is 44.3 Å². The predicted octanol–water partition coefficient (Wildman–Crippen LogP) is 3.22. The van der Waals surface area contributed by atoms with Gasteiger partial charge in [0.2, 0.25) is 5.91 Å². The third kappa shape index (κ3) is 3.50. The Morgan fingerprint density at radius 2 is 1.83 bits per heavy atom. The molecule has 2 aromatic carbocycles. The Hall–Kier alpha value is -2.70. The minimum Gasteiger partial charge on any atom is -0.456 e. The maximum Gasteiger partial charge on any atom is 0.249 e. The molecule has 0 aliphatic carbocycles. The van der Waals surface area contributed by atoms with Crippen LogP contribution in [0.4, 0.5) is 0 Å². The molecule has 5 rings (SSSR count). The lowest BCUT2D eigenvalue weighted by atomic mass is 10.0. The van der Waals surface area contributed by atoms with E-state index in [4.69, 9.17) is 15.6 Å². The zero-order valence-corrected chi connectivity index (χ0v) is 17.2. The zero-order chi connectivity index (χ0) is 20.7. The van der Waals surface area contributed by atoms with E-state index in [1.807, 2.05) is 12.1 Å². The van der Waals surface area contributed by atoms with Crippen LogP contribution in [-0.2, 0) is 6.54 Å². The van der Waals surface area contributed by atoms with Gasteiger partial charge in [0.05, 0.1) is 16.3 Å². The number of amides is 1. The van der Waals surface area contributed by atoms with Crippen LogP contribution in [0.5, 0.6) is 0 Å². The Balaban J connectivity index is 1.40. The van der Waals surface area contributed by atoms with E-state index in [-0.39, 0.29) is 0 Å². The molecule has 0 saturated carbocycles. The number of hydrogen-bond acceptors (Lipinski definition) is 5. The molecule has 0 radical (unpaired) electrons. The quantitative estimate of drug-likeness (QED) is 0.654. The predicted molar refractivity (Wildman–Crippen MR) is 117 cm³/mol. The molecule has 0 bridgehead atoms. The van der Waals surface area contributed by atoms with Crippen LogP contribution in [-0.4, -0.2) is 47.9 Å². The average Bonchev–Trinajstić information content (AvgIpc) is 3.29. The Labute approximate surface area is 175 Å². The summed E-state index contributed by atoms with van der Waals surface area (Å²) in [5.74, 6) is -0.541. The Kier molecular flexibility index (Phi) is 5.05. The van der Waals surface area contributed by atoms with E-state index < -0.39 is 5.91 Å². The first-order chi connectivity index (χ1) is 14.6. The molecule has 30 heavy (non-hydrogen) atoms. The number of piperidine rings is 1. The third-order valence-corrected chi connectivity index (χ3v) is 6.70. The molecule has 3 heterocycles. The zero-order valence-electron chi connectivity index (χ0n) is 17.2. The molecule has 1 aromatic heterocycles. The fourth-order valence-electron chi connectivity index (χ4n) is 5.10. The van der Waals surface area contributed by atoms with Crippen molar-refractivity contribution in [3.63, 3.8) is 0 Å². The number of nitrogens with zero attached hydrogens (tertiary/aromatic N) is 2. The Morgan fingerprint density at radius 1 is 1.07 bits per heavy atom. The second-order valence-electron chi connectivity index (χ2n) is 8.60. The molecule has 2 saturated heterocycles. The smallest absolute Gasteiger partial charge is 0.249 e. The van der Waals surface area contributed by atoms with E-state index in [0.717, 1.165) is 31.1 Å². The lowest BCUT2D eigenvalue weighted by Crippen LogP contribution is -2.43. The molecule has 0 atom stereocenters. The molecule has 2 fully saturated rings. The van der Waals surface area contributed by atoms with Crippen LogP contribution in [0.2, 0.25) is 0 Å². The molecular weight excluding hydrogens is 376 g/mol. The molecule has 0 spiro atoms. The van der Waals surface area contributed by atoms with Crippen molar-refractivity contribution in [3.8, 4) is 0 Å². The number of benzene rings is 2. The maximum atomic E-state index is 11.8. The summed E-state index contributed by atoms with van der Waals surface area (Å²) in [6, 6.07) is 12.0. The normalized spacial score (nSPS) is 19.1. The third-order valence-electron chi connectivity index (χ3n) is 6.70.